The van der Waals surface area contributed by atoms with E-state index in [0.29, 0.717) is 12.2 Å². The Labute approximate surface area is 69.6 Å². The lowest BCUT2D eigenvalue weighted by Gasteiger charge is -2.10. The third-order valence-electron chi connectivity index (χ3n) is 1.91. The van der Waals surface area contributed by atoms with Crippen LogP contribution >= 0.6 is 0 Å². The average Bonchev–Trinajstić information content (AvgIpc) is 2.46. The Balaban J connectivity index is 2.27. The van der Waals surface area contributed by atoms with Crippen molar-refractivity contribution in [2.45, 2.75) is 12.5 Å². The number of carboxylic acid groups (broad SMARTS) is 1. The molecule has 3 heteroatoms. The predicted molar refractivity (Wildman–Crippen MR) is 39.6 cm³/mol. The SMILES string of the molecule is O=C([O-])[C@H]1Cc2ccccc2O1. The molecule has 1 aromatic carbocycles. The highest BCUT2D eigenvalue weighted by Crippen LogP contribution is 2.27. The monoisotopic (exact) mass is 163 g/mol. The zero-order chi connectivity index (χ0) is 8.55. The number of ether oxygens (including phenoxy) is 1. The van der Waals surface area contributed by atoms with Gasteiger partial charge in [0.25, 0.3) is 0 Å². The molecule has 0 aromatic heterocycles. The molecule has 0 fully saturated rings. The van der Waals surface area contributed by atoms with E-state index in [0.717, 1.165) is 5.56 Å². The highest BCUT2D eigenvalue weighted by atomic mass is 16.5. The van der Waals surface area contributed by atoms with Crippen molar-refractivity contribution in [2.75, 3.05) is 0 Å². The minimum Gasteiger partial charge on any atom is -0.546 e. The van der Waals surface area contributed by atoms with E-state index in [1.165, 1.54) is 0 Å². The van der Waals surface area contributed by atoms with Crippen LogP contribution in [0.3, 0.4) is 0 Å². The van der Waals surface area contributed by atoms with Crippen molar-refractivity contribution in [3.63, 3.8) is 0 Å². The van der Waals surface area contributed by atoms with Crippen molar-refractivity contribution in [1.29, 1.82) is 0 Å². The van der Waals surface area contributed by atoms with E-state index in [1.54, 1.807) is 6.07 Å². The van der Waals surface area contributed by atoms with E-state index in [4.69, 9.17) is 4.74 Å². The van der Waals surface area contributed by atoms with Crippen LogP contribution in [0.25, 0.3) is 0 Å². The minimum absolute atomic E-state index is 0.415. The van der Waals surface area contributed by atoms with Crippen LogP contribution in [0.15, 0.2) is 24.3 Å². The molecule has 1 atom stereocenters. The summed E-state index contributed by atoms with van der Waals surface area (Å²) >= 11 is 0. The first-order valence-corrected chi connectivity index (χ1v) is 3.73. The largest absolute Gasteiger partial charge is 0.546 e. The Hall–Kier alpha value is -1.51. The van der Waals surface area contributed by atoms with Crippen molar-refractivity contribution in [2.24, 2.45) is 0 Å². The fraction of sp³-hybridized carbons (Fsp3) is 0.222. The first kappa shape index (κ1) is 7.16. The Kier molecular flexibility index (Phi) is 1.50. The molecule has 1 aliphatic rings. The van der Waals surface area contributed by atoms with Crippen molar-refractivity contribution < 1.29 is 14.6 Å². The molecule has 0 saturated carbocycles. The number of para-hydroxylation sites is 1. The molecule has 0 bridgehead atoms. The quantitative estimate of drug-likeness (QED) is 0.573. The number of rotatable bonds is 1. The second-order valence-electron chi connectivity index (χ2n) is 2.74. The van der Waals surface area contributed by atoms with Gasteiger partial charge in [0.15, 0.2) is 0 Å². The normalized spacial score (nSPS) is 19.8. The van der Waals surface area contributed by atoms with Gasteiger partial charge in [-0.2, -0.15) is 0 Å². The van der Waals surface area contributed by atoms with Gasteiger partial charge in [-0.05, 0) is 11.6 Å². The van der Waals surface area contributed by atoms with Crippen LogP contribution in [-0.4, -0.2) is 12.1 Å². The molecule has 2 rings (SSSR count). The molecule has 3 nitrogen and oxygen atoms in total. The summed E-state index contributed by atoms with van der Waals surface area (Å²) in [6.07, 6.45) is -0.388. The topological polar surface area (TPSA) is 49.4 Å². The molecular formula is C9H7O3-. The maximum Gasteiger partial charge on any atom is 0.142 e. The van der Waals surface area contributed by atoms with Gasteiger partial charge in [0, 0.05) is 6.42 Å². The van der Waals surface area contributed by atoms with E-state index in [-0.39, 0.29) is 0 Å². The molecule has 0 aliphatic carbocycles. The molecule has 0 saturated heterocycles. The van der Waals surface area contributed by atoms with Crippen molar-refractivity contribution in [3.8, 4) is 5.75 Å². The summed E-state index contributed by atoms with van der Waals surface area (Å²) in [5, 5.41) is 10.4. The molecule has 0 radical (unpaired) electrons. The van der Waals surface area contributed by atoms with E-state index in [2.05, 4.69) is 0 Å². The Bertz CT molecular complexity index is 294. The maximum atomic E-state index is 10.4. The number of carbonyl (C=O) groups is 1. The third kappa shape index (κ3) is 1.03. The maximum absolute atomic E-state index is 10.4. The minimum atomic E-state index is -1.15. The molecule has 1 heterocycles. The van der Waals surface area contributed by atoms with Gasteiger partial charge in [-0.3, -0.25) is 0 Å². The molecular weight excluding hydrogens is 156 g/mol. The third-order valence-corrected chi connectivity index (χ3v) is 1.91. The van der Waals surface area contributed by atoms with Crippen LogP contribution in [0.1, 0.15) is 5.56 Å². The van der Waals surface area contributed by atoms with Gasteiger partial charge in [-0.25, -0.2) is 0 Å². The lowest BCUT2D eigenvalue weighted by atomic mass is 10.1. The predicted octanol–water partition coefficient (Wildman–Crippen LogP) is -0.260. The number of fused-ring (bicyclic) bond motifs is 1. The summed E-state index contributed by atoms with van der Waals surface area (Å²) in [6.45, 7) is 0. The fourth-order valence-electron chi connectivity index (χ4n) is 1.31. The standard InChI is InChI=1S/C9H8O3/c10-9(11)8-5-6-3-1-2-4-7(6)12-8/h1-4,8H,5H2,(H,10,11)/p-1/t8-/m1/s1. The van der Waals surface area contributed by atoms with Gasteiger partial charge >= 0.3 is 0 Å². The summed E-state index contributed by atoms with van der Waals surface area (Å²) in [5.74, 6) is -0.488. The van der Waals surface area contributed by atoms with Crippen LogP contribution in [0.4, 0.5) is 0 Å². The van der Waals surface area contributed by atoms with Crippen LogP contribution in [0.5, 0.6) is 5.75 Å². The van der Waals surface area contributed by atoms with Crippen molar-refractivity contribution >= 4 is 5.97 Å². The molecule has 0 amide bonds. The van der Waals surface area contributed by atoms with Crippen molar-refractivity contribution in [3.05, 3.63) is 29.8 Å². The molecule has 0 N–H and O–H groups in total. The molecule has 12 heavy (non-hydrogen) atoms. The number of aliphatic carboxylic acids is 1. The van der Waals surface area contributed by atoms with E-state index < -0.39 is 12.1 Å². The van der Waals surface area contributed by atoms with Crippen LogP contribution < -0.4 is 9.84 Å². The Morgan fingerprint density at radius 1 is 1.50 bits per heavy atom. The molecule has 0 unspecified atom stereocenters. The van der Waals surface area contributed by atoms with Gasteiger partial charge < -0.3 is 14.6 Å². The first-order valence-electron chi connectivity index (χ1n) is 3.73. The fourth-order valence-corrected chi connectivity index (χ4v) is 1.31. The molecule has 1 aliphatic heterocycles. The summed E-state index contributed by atoms with van der Waals surface area (Å²) in [5.41, 5.74) is 0.937. The number of benzene rings is 1. The van der Waals surface area contributed by atoms with Gasteiger partial charge in [-0.1, -0.05) is 18.2 Å². The molecule has 1 aromatic rings. The van der Waals surface area contributed by atoms with Gasteiger partial charge in [0.1, 0.15) is 11.9 Å². The molecule has 0 spiro atoms. The van der Waals surface area contributed by atoms with Crippen molar-refractivity contribution in [1.82, 2.24) is 0 Å². The van der Waals surface area contributed by atoms with Crippen LogP contribution in [-0.2, 0) is 11.2 Å². The first-order chi connectivity index (χ1) is 5.77. The summed E-state index contributed by atoms with van der Waals surface area (Å²) in [7, 11) is 0. The zero-order valence-electron chi connectivity index (χ0n) is 6.32. The summed E-state index contributed by atoms with van der Waals surface area (Å²) in [6, 6.07) is 7.30. The lowest BCUT2D eigenvalue weighted by Crippen LogP contribution is -2.38. The second-order valence-corrected chi connectivity index (χ2v) is 2.74. The Morgan fingerprint density at radius 3 is 2.92 bits per heavy atom. The second kappa shape index (κ2) is 2.52. The Morgan fingerprint density at radius 2 is 2.25 bits per heavy atom. The smallest absolute Gasteiger partial charge is 0.142 e. The van der Waals surface area contributed by atoms with Crippen LogP contribution in [0, 0.1) is 0 Å². The number of hydrogen-bond acceptors (Lipinski definition) is 3. The zero-order valence-corrected chi connectivity index (χ0v) is 6.32. The van der Waals surface area contributed by atoms with Crippen LogP contribution in [0.2, 0.25) is 0 Å². The highest BCUT2D eigenvalue weighted by molar-refractivity contribution is 5.72. The average molecular weight is 163 g/mol. The summed E-state index contributed by atoms with van der Waals surface area (Å²) < 4.78 is 5.11. The number of carbonyl (C=O) groups excluding carboxylic acids is 1. The van der Waals surface area contributed by atoms with E-state index in [9.17, 15) is 9.90 Å². The van der Waals surface area contributed by atoms with E-state index in [1.807, 2.05) is 18.2 Å². The van der Waals surface area contributed by atoms with E-state index >= 15 is 0 Å². The lowest BCUT2D eigenvalue weighted by molar-refractivity contribution is -0.312. The number of hydrogen-bond donors (Lipinski definition) is 0. The number of carboxylic acids is 1. The summed E-state index contributed by atoms with van der Waals surface area (Å²) in [4.78, 5) is 10.4. The van der Waals surface area contributed by atoms with Gasteiger partial charge in [0.05, 0.1) is 5.97 Å². The van der Waals surface area contributed by atoms with Gasteiger partial charge in [-0.15, -0.1) is 0 Å². The van der Waals surface area contributed by atoms with Gasteiger partial charge in [0.2, 0.25) is 0 Å². The molecule has 62 valence electrons. The highest BCUT2D eigenvalue weighted by Gasteiger charge is 2.22.